The highest BCUT2D eigenvalue weighted by molar-refractivity contribution is 9.10. The van der Waals surface area contributed by atoms with Gasteiger partial charge in [0.1, 0.15) is 6.07 Å². The third kappa shape index (κ3) is 1.62. The van der Waals surface area contributed by atoms with Crippen LogP contribution in [0, 0.1) is 11.3 Å². The number of nitrogens with zero attached hydrogens (tertiary/aromatic N) is 2. The molecule has 0 N–H and O–H groups in total. The van der Waals surface area contributed by atoms with Crippen molar-refractivity contribution in [2.45, 2.75) is 12.8 Å². The van der Waals surface area contributed by atoms with Gasteiger partial charge in [-0.3, -0.25) is 0 Å². The van der Waals surface area contributed by atoms with Crippen molar-refractivity contribution in [3.63, 3.8) is 0 Å². The minimum absolute atomic E-state index is 0.765. The van der Waals surface area contributed by atoms with Crippen LogP contribution in [0.1, 0.15) is 18.4 Å². The van der Waals surface area contributed by atoms with Crippen molar-refractivity contribution in [2.24, 2.45) is 0 Å². The Hall–Kier alpha value is -1.01. The molecule has 0 aromatic heterocycles. The van der Waals surface area contributed by atoms with Crippen LogP contribution in [0.3, 0.4) is 0 Å². The van der Waals surface area contributed by atoms with Crippen LogP contribution < -0.4 is 4.90 Å². The fraction of sp³-hybridized carbons (Fsp3) is 0.364. The molecule has 1 aromatic carbocycles. The average molecular weight is 251 g/mol. The summed E-state index contributed by atoms with van der Waals surface area (Å²) in [6.45, 7) is 2.13. The van der Waals surface area contributed by atoms with Crippen LogP contribution in [0.2, 0.25) is 0 Å². The first-order valence-corrected chi connectivity index (χ1v) is 5.56. The van der Waals surface area contributed by atoms with Crippen molar-refractivity contribution in [1.82, 2.24) is 0 Å². The molecule has 14 heavy (non-hydrogen) atoms. The highest BCUT2D eigenvalue weighted by Gasteiger charge is 2.17. The fourth-order valence-electron chi connectivity index (χ4n) is 1.87. The van der Waals surface area contributed by atoms with Gasteiger partial charge in [-0.05, 0) is 40.9 Å². The number of anilines is 1. The Morgan fingerprint density at radius 2 is 2.00 bits per heavy atom. The smallest absolute Gasteiger partial charge is 0.101 e. The summed E-state index contributed by atoms with van der Waals surface area (Å²) in [6, 6.07) is 8.01. The number of hydrogen-bond acceptors (Lipinski definition) is 2. The number of para-hydroxylation sites is 1. The van der Waals surface area contributed by atoms with E-state index in [0.717, 1.165) is 28.8 Å². The first-order valence-electron chi connectivity index (χ1n) is 4.76. The molecule has 1 fully saturated rings. The second-order valence-electron chi connectivity index (χ2n) is 3.44. The lowest BCUT2D eigenvalue weighted by Gasteiger charge is -2.20. The summed E-state index contributed by atoms with van der Waals surface area (Å²) in [4.78, 5) is 2.28. The molecule has 1 saturated heterocycles. The summed E-state index contributed by atoms with van der Waals surface area (Å²) in [5, 5.41) is 9.01. The minimum Gasteiger partial charge on any atom is -0.370 e. The lowest BCUT2D eigenvalue weighted by Crippen LogP contribution is -2.19. The summed E-state index contributed by atoms with van der Waals surface area (Å²) in [5.74, 6) is 0. The van der Waals surface area contributed by atoms with Crippen LogP contribution in [-0.4, -0.2) is 13.1 Å². The van der Waals surface area contributed by atoms with Crippen LogP contribution in [-0.2, 0) is 0 Å². The second-order valence-corrected chi connectivity index (χ2v) is 4.30. The number of benzene rings is 1. The molecule has 1 aromatic rings. The molecule has 1 heterocycles. The molecule has 1 aliphatic rings. The van der Waals surface area contributed by atoms with Crippen molar-refractivity contribution in [2.75, 3.05) is 18.0 Å². The van der Waals surface area contributed by atoms with Gasteiger partial charge in [-0.1, -0.05) is 6.07 Å². The van der Waals surface area contributed by atoms with Crippen molar-refractivity contribution < 1.29 is 0 Å². The molecular formula is C11H11BrN2. The Kier molecular flexibility index (Phi) is 2.74. The lowest BCUT2D eigenvalue weighted by atomic mass is 10.2. The van der Waals surface area contributed by atoms with Crippen molar-refractivity contribution in [1.29, 1.82) is 5.26 Å². The molecule has 0 radical (unpaired) electrons. The fourth-order valence-corrected chi connectivity index (χ4v) is 2.48. The van der Waals surface area contributed by atoms with Gasteiger partial charge in [0.2, 0.25) is 0 Å². The highest BCUT2D eigenvalue weighted by Crippen LogP contribution is 2.32. The predicted molar refractivity (Wildman–Crippen MR) is 60.3 cm³/mol. The molecule has 0 aliphatic carbocycles. The Bertz CT molecular complexity index is 375. The SMILES string of the molecule is N#Cc1cccc(Br)c1N1CCCC1. The topological polar surface area (TPSA) is 27.0 Å². The maximum absolute atomic E-state index is 9.01. The van der Waals surface area contributed by atoms with Gasteiger partial charge in [0, 0.05) is 17.6 Å². The molecule has 1 aliphatic heterocycles. The molecule has 2 rings (SSSR count). The van der Waals surface area contributed by atoms with Gasteiger partial charge in [-0.2, -0.15) is 5.26 Å². The van der Waals surface area contributed by atoms with Crippen molar-refractivity contribution >= 4 is 21.6 Å². The van der Waals surface area contributed by atoms with Crippen molar-refractivity contribution in [3.05, 3.63) is 28.2 Å². The molecule has 0 bridgehead atoms. The average Bonchev–Trinajstić information content (AvgIpc) is 2.70. The monoisotopic (exact) mass is 250 g/mol. The van der Waals surface area contributed by atoms with Gasteiger partial charge < -0.3 is 4.90 Å². The highest BCUT2D eigenvalue weighted by atomic mass is 79.9. The first kappa shape index (κ1) is 9.54. The van der Waals surface area contributed by atoms with E-state index in [1.165, 1.54) is 12.8 Å². The third-order valence-corrected chi connectivity index (χ3v) is 3.17. The lowest BCUT2D eigenvalue weighted by molar-refractivity contribution is 0.949. The Balaban J connectivity index is 2.44. The molecular weight excluding hydrogens is 240 g/mol. The Labute approximate surface area is 92.3 Å². The normalized spacial score (nSPS) is 15.6. The zero-order valence-corrected chi connectivity index (χ0v) is 9.42. The Morgan fingerprint density at radius 1 is 1.29 bits per heavy atom. The molecule has 3 heteroatoms. The van der Waals surface area contributed by atoms with Gasteiger partial charge in [-0.15, -0.1) is 0 Å². The number of halogens is 1. The number of rotatable bonds is 1. The molecule has 0 unspecified atom stereocenters. The molecule has 2 nitrogen and oxygen atoms in total. The van der Waals surface area contributed by atoms with Gasteiger partial charge in [0.15, 0.2) is 0 Å². The largest absolute Gasteiger partial charge is 0.370 e. The van der Waals surface area contributed by atoms with E-state index >= 15 is 0 Å². The summed E-state index contributed by atoms with van der Waals surface area (Å²) in [5.41, 5.74) is 1.83. The minimum atomic E-state index is 0.765. The van der Waals surface area contributed by atoms with Crippen LogP contribution in [0.5, 0.6) is 0 Å². The first-order chi connectivity index (χ1) is 6.83. The zero-order valence-electron chi connectivity index (χ0n) is 7.83. The van der Waals surface area contributed by atoms with E-state index in [1.807, 2.05) is 18.2 Å². The van der Waals surface area contributed by atoms with E-state index in [1.54, 1.807) is 0 Å². The van der Waals surface area contributed by atoms with Gasteiger partial charge in [0.25, 0.3) is 0 Å². The van der Waals surface area contributed by atoms with E-state index in [4.69, 9.17) is 5.26 Å². The van der Waals surface area contributed by atoms with E-state index < -0.39 is 0 Å². The van der Waals surface area contributed by atoms with Gasteiger partial charge in [-0.25, -0.2) is 0 Å². The summed E-state index contributed by atoms with van der Waals surface area (Å²) in [7, 11) is 0. The van der Waals surface area contributed by atoms with Gasteiger partial charge in [0.05, 0.1) is 11.3 Å². The summed E-state index contributed by atoms with van der Waals surface area (Å²) >= 11 is 3.51. The molecule has 0 spiro atoms. The maximum atomic E-state index is 9.01. The van der Waals surface area contributed by atoms with Crippen LogP contribution in [0.4, 0.5) is 5.69 Å². The van der Waals surface area contributed by atoms with E-state index in [2.05, 4.69) is 26.9 Å². The van der Waals surface area contributed by atoms with Crippen LogP contribution >= 0.6 is 15.9 Å². The predicted octanol–water partition coefficient (Wildman–Crippen LogP) is 2.92. The van der Waals surface area contributed by atoms with Gasteiger partial charge >= 0.3 is 0 Å². The molecule has 0 atom stereocenters. The number of nitriles is 1. The number of hydrogen-bond donors (Lipinski definition) is 0. The Morgan fingerprint density at radius 3 is 2.64 bits per heavy atom. The zero-order chi connectivity index (χ0) is 9.97. The van der Waals surface area contributed by atoms with Crippen LogP contribution in [0.25, 0.3) is 0 Å². The quantitative estimate of drug-likeness (QED) is 0.767. The maximum Gasteiger partial charge on any atom is 0.101 e. The standard InChI is InChI=1S/C11H11BrN2/c12-10-5-3-4-9(8-13)11(10)14-6-1-2-7-14/h3-5H,1-2,6-7H2. The summed E-state index contributed by atoms with van der Waals surface area (Å²) < 4.78 is 1.03. The van der Waals surface area contributed by atoms with Crippen LogP contribution in [0.15, 0.2) is 22.7 Å². The van der Waals surface area contributed by atoms with E-state index in [0.29, 0.717) is 0 Å². The second kappa shape index (κ2) is 4.02. The summed E-state index contributed by atoms with van der Waals surface area (Å²) in [6.07, 6.45) is 2.46. The van der Waals surface area contributed by atoms with E-state index in [9.17, 15) is 0 Å². The van der Waals surface area contributed by atoms with E-state index in [-0.39, 0.29) is 0 Å². The third-order valence-electron chi connectivity index (χ3n) is 2.53. The molecule has 0 amide bonds. The van der Waals surface area contributed by atoms with Crippen molar-refractivity contribution in [3.8, 4) is 6.07 Å². The molecule has 0 saturated carbocycles. The molecule has 72 valence electrons.